The van der Waals surface area contributed by atoms with Gasteiger partial charge in [-0.25, -0.2) is 14.8 Å². The van der Waals surface area contributed by atoms with E-state index in [0.717, 1.165) is 0 Å². The molecule has 0 aliphatic carbocycles. The van der Waals surface area contributed by atoms with Crippen LogP contribution in [0.3, 0.4) is 0 Å². The molecule has 1 aromatic heterocycles. The van der Waals surface area contributed by atoms with Gasteiger partial charge >= 0.3 is 6.03 Å². The van der Waals surface area contributed by atoms with Gasteiger partial charge in [-0.1, -0.05) is 13.8 Å². The first-order chi connectivity index (χ1) is 7.77. The fraction of sp³-hybridized carbons (Fsp3) is 0.400. The van der Waals surface area contributed by atoms with Crippen molar-refractivity contribution in [2.45, 2.75) is 20.3 Å². The average Bonchev–Trinajstić information content (AvgIpc) is 2.33. The second kappa shape index (κ2) is 5.79. The third kappa shape index (κ3) is 2.75. The molecule has 6 heteroatoms. The third-order valence-corrected chi connectivity index (χ3v) is 1.85. The van der Waals surface area contributed by atoms with Gasteiger partial charge < -0.3 is 0 Å². The zero-order valence-electron chi connectivity index (χ0n) is 9.30. The monoisotopic (exact) mass is 222 g/mol. The molecule has 0 unspecified atom stereocenters. The second-order valence-corrected chi connectivity index (χ2v) is 2.80. The molecule has 3 amide bonds. The van der Waals surface area contributed by atoms with Crippen LogP contribution in [-0.4, -0.2) is 28.5 Å². The molecule has 1 N–H and O–H groups in total. The van der Waals surface area contributed by atoms with E-state index in [9.17, 15) is 9.59 Å². The first kappa shape index (κ1) is 12.1. The van der Waals surface area contributed by atoms with E-state index in [2.05, 4.69) is 15.3 Å². The molecule has 1 aliphatic heterocycles. The van der Waals surface area contributed by atoms with E-state index in [4.69, 9.17) is 0 Å². The highest BCUT2D eigenvalue weighted by Crippen LogP contribution is 2.09. The Balaban J connectivity index is 0.000000606. The number of amides is 3. The number of imide groups is 1. The summed E-state index contributed by atoms with van der Waals surface area (Å²) >= 11 is 0. The molecular weight excluding hydrogens is 208 g/mol. The van der Waals surface area contributed by atoms with Crippen molar-refractivity contribution in [2.75, 3.05) is 11.4 Å². The lowest BCUT2D eigenvalue weighted by Gasteiger charge is -2.24. The van der Waals surface area contributed by atoms with E-state index in [0.29, 0.717) is 12.5 Å². The first-order valence-corrected chi connectivity index (χ1v) is 5.16. The number of carbonyl (C=O) groups excluding carboxylic acids is 2. The van der Waals surface area contributed by atoms with Gasteiger partial charge in [0, 0.05) is 25.4 Å². The summed E-state index contributed by atoms with van der Waals surface area (Å²) in [5.41, 5.74) is 0. The highest BCUT2D eigenvalue weighted by atomic mass is 16.2. The van der Waals surface area contributed by atoms with Crippen LogP contribution < -0.4 is 10.2 Å². The normalized spacial score (nSPS) is 15.0. The number of carbonyl (C=O) groups is 2. The summed E-state index contributed by atoms with van der Waals surface area (Å²) in [6.07, 6.45) is 3.38. The minimum absolute atomic E-state index is 0.262. The Kier molecular flexibility index (Phi) is 4.38. The van der Waals surface area contributed by atoms with Gasteiger partial charge in [0.15, 0.2) is 0 Å². The van der Waals surface area contributed by atoms with Crippen molar-refractivity contribution < 1.29 is 9.59 Å². The number of rotatable bonds is 1. The molecule has 0 spiro atoms. The van der Waals surface area contributed by atoms with Crippen molar-refractivity contribution in [1.82, 2.24) is 15.3 Å². The third-order valence-electron chi connectivity index (χ3n) is 1.85. The van der Waals surface area contributed by atoms with Crippen molar-refractivity contribution >= 4 is 17.9 Å². The topological polar surface area (TPSA) is 75.2 Å². The number of anilines is 1. The smallest absolute Gasteiger partial charge is 0.278 e. The number of nitrogens with zero attached hydrogens (tertiary/aromatic N) is 3. The molecule has 6 nitrogen and oxygen atoms in total. The molecule has 0 saturated carbocycles. The number of hydrogen-bond donors (Lipinski definition) is 1. The maximum absolute atomic E-state index is 11.3. The number of urea groups is 1. The van der Waals surface area contributed by atoms with E-state index in [-0.39, 0.29) is 12.3 Å². The van der Waals surface area contributed by atoms with Crippen molar-refractivity contribution in [2.24, 2.45) is 0 Å². The van der Waals surface area contributed by atoms with Gasteiger partial charge in [0.25, 0.3) is 0 Å². The Bertz CT molecular complexity index is 366. The van der Waals surface area contributed by atoms with Gasteiger partial charge in [0.1, 0.15) is 0 Å². The summed E-state index contributed by atoms with van der Waals surface area (Å²) < 4.78 is 0. The van der Waals surface area contributed by atoms with E-state index in [1.54, 1.807) is 18.5 Å². The standard InChI is InChI=1S/C8H8N4O2.C2H6/c13-6-2-5-12(8(14)11-6)7-9-3-1-4-10-7;1-2/h1,3-4H,2,5H2,(H,11,13,14);1-2H3. The van der Waals surface area contributed by atoms with Crippen molar-refractivity contribution in [1.29, 1.82) is 0 Å². The molecule has 0 radical (unpaired) electrons. The quantitative estimate of drug-likeness (QED) is 0.767. The minimum atomic E-state index is -0.465. The summed E-state index contributed by atoms with van der Waals surface area (Å²) in [5.74, 6) is 0.0553. The minimum Gasteiger partial charge on any atom is -0.278 e. The lowest BCUT2D eigenvalue weighted by atomic mass is 10.3. The van der Waals surface area contributed by atoms with Gasteiger partial charge in [0.05, 0.1) is 0 Å². The fourth-order valence-corrected chi connectivity index (χ4v) is 1.19. The van der Waals surface area contributed by atoms with Crippen LogP contribution in [-0.2, 0) is 4.79 Å². The van der Waals surface area contributed by atoms with Gasteiger partial charge in [0.2, 0.25) is 11.9 Å². The summed E-state index contributed by atoms with van der Waals surface area (Å²) in [6, 6.07) is 1.20. The molecule has 0 aromatic carbocycles. The molecule has 1 aliphatic rings. The van der Waals surface area contributed by atoms with E-state index in [1.165, 1.54) is 4.90 Å². The van der Waals surface area contributed by atoms with E-state index >= 15 is 0 Å². The maximum atomic E-state index is 11.3. The molecule has 1 saturated heterocycles. The molecule has 86 valence electrons. The van der Waals surface area contributed by atoms with Gasteiger partial charge in [-0.3, -0.25) is 15.0 Å². The Morgan fingerprint density at radius 1 is 1.25 bits per heavy atom. The Morgan fingerprint density at radius 2 is 1.88 bits per heavy atom. The zero-order chi connectivity index (χ0) is 12.0. The summed E-state index contributed by atoms with van der Waals surface area (Å²) in [6.45, 7) is 4.33. The number of nitrogens with one attached hydrogen (secondary N) is 1. The lowest BCUT2D eigenvalue weighted by molar-refractivity contribution is -0.120. The van der Waals surface area contributed by atoms with Gasteiger partial charge in [-0.2, -0.15) is 0 Å². The molecule has 16 heavy (non-hydrogen) atoms. The van der Waals surface area contributed by atoms with Crippen molar-refractivity contribution in [3.05, 3.63) is 18.5 Å². The predicted molar refractivity (Wildman–Crippen MR) is 58.9 cm³/mol. The van der Waals surface area contributed by atoms with Crippen LogP contribution >= 0.6 is 0 Å². The van der Waals surface area contributed by atoms with Crippen LogP contribution in [0, 0.1) is 0 Å². The SMILES string of the molecule is CC.O=C1CCN(c2ncccn2)C(=O)N1. The molecule has 2 heterocycles. The molecule has 0 bridgehead atoms. The Morgan fingerprint density at radius 3 is 2.44 bits per heavy atom. The van der Waals surface area contributed by atoms with Crippen LogP contribution in [0.5, 0.6) is 0 Å². The van der Waals surface area contributed by atoms with Crippen LogP contribution in [0.25, 0.3) is 0 Å². The van der Waals surface area contributed by atoms with Crippen LogP contribution in [0.1, 0.15) is 20.3 Å². The summed E-state index contributed by atoms with van der Waals surface area (Å²) in [5, 5.41) is 2.20. The Labute approximate surface area is 93.7 Å². The van der Waals surface area contributed by atoms with Crippen LogP contribution in [0.2, 0.25) is 0 Å². The van der Waals surface area contributed by atoms with E-state index < -0.39 is 6.03 Å². The number of hydrogen-bond acceptors (Lipinski definition) is 4. The van der Waals surface area contributed by atoms with Crippen molar-refractivity contribution in [3.8, 4) is 0 Å². The van der Waals surface area contributed by atoms with Crippen LogP contribution in [0.4, 0.5) is 10.7 Å². The number of aromatic nitrogens is 2. The maximum Gasteiger partial charge on any atom is 0.330 e. The van der Waals surface area contributed by atoms with E-state index in [1.807, 2.05) is 13.8 Å². The Hall–Kier alpha value is -1.98. The molecule has 0 atom stereocenters. The zero-order valence-corrected chi connectivity index (χ0v) is 9.30. The molecule has 1 aromatic rings. The highest BCUT2D eigenvalue weighted by Gasteiger charge is 2.25. The van der Waals surface area contributed by atoms with Crippen LogP contribution in [0.15, 0.2) is 18.5 Å². The molecule has 1 fully saturated rings. The average molecular weight is 222 g/mol. The van der Waals surface area contributed by atoms with Gasteiger partial charge in [-0.15, -0.1) is 0 Å². The summed E-state index contributed by atoms with van der Waals surface area (Å²) in [4.78, 5) is 31.3. The highest BCUT2D eigenvalue weighted by molar-refractivity contribution is 6.04. The predicted octanol–water partition coefficient (Wildman–Crippen LogP) is 0.949. The lowest BCUT2D eigenvalue weighted by Crippen LogP contribution is -2.50. The molecule has 2 rings (SSSR count). The molecular formula is C10H14N4O2. The first-order valence-electron chi connectivity index (χ1n) is 5.16. The van der Waals surface area contributed by atoms with Crippen molar-refractivity contribution in [3.63, 3.8) is 0 Å². The second-order valence-electron chi connectivity index (χ2n) is 2.80. The summed E-state index contributed by atoms with van der Waals surface area (Å²) in [7, 11) is 0. The fourth-order valence-electron chi connectivity index (χ4n) is 1.19. The van der Waals surface area contributed by atoms with Gasteiger partial charge in [-0.05, 0) is 6.07 Å². The largest absolute Gasteiger partial charge is 0.330 e.